The molecule has 0 unspecified atom stereocenters. The maximum atomic E-state index is 12.1. The Balaban J connectivity index is 1.74. The third-order valence-corrected chi connectivity index (χ3v) is 5.31. The summed E-state index contributed by atoms with van der Waals surface area (Å²) >= 11 is 6.30. The molecule has 32 heavy (non-hydrogen) atoms. The number of pyridine rings is 1. The summed E-state index contributed by atoms with van der Waals surface area (Å²) in [5.74, 6) is 1.45. The molecule has 3 rings (SSSR count). The Kier molecular flexibility index (Phi) is 7.84. The van der Waals surface area contributed by atoms with Crippen LogP contribution in [0.2, 0.25) is 5.02 Å². The Labute approximate surface area is 193 Å². The van der Waals surface area contributed by atoms with Gasteiger partial charge in [0.1, 0.15) is 18.1 Å². The van der Waals surface area contributed by atoms with Gasteiger partial charge in [-0.3, -0.25) is 9.78 Å². The third kappa shape index (κ3) is 5.86. The van der Waals surface area contributed by atoms with Crippen molar-refractivity contribution in [2.45, 2.75) is 33.3 Å². The van der Waals surface area contributed by atoms with Crippen LogP contribution in [0.1, 0.15) is 52.4 Å². The van der Waals surface area contributed by atoms with Crippen LogP contribution in [-0.4, -0.2) is 24.2 Å². The van der Waals surface area contributed by atoms with Crippen LogP contribution in [0.3, 0.4) is 0 Å². The first-order chi connectivity index (χ1) is 15.4. The number of rotatable bonds is 8. The second-order valence-corrected chi connectivity index (χ2v) is 8.00. The highest BCUT2D eigenvalue weighted by Gasteiger charge is 2.13. The summed E-state index contributed by atoms with van der Waals surface area (Å²) in [4.78, 5) is 16.0. The van der Waals surface area contributed by atoms with Gasteiger partial charge >= 0.3 is 0 Å². The lowest BCUT2D eigenvalue weighted by molar-refractivity contribution is 0.0954. The fraction of sp³-hybridized carbons (Fsp3) is 0.240. The predicted octanol–water partition coefficient (Wildman–Crippen LogP) is 5.52. The highest BCUT2D eigenvalue weighted by Crippen LogP contribution is 2.33. The Morgan fingerprint density at radius 1 is 1.22 bits per heavy atom. The van der Waals surface area contributed by atoms with Crippen molar-refractivity contribution in [2.75, 3.05) is 7.11 Å². The summed E-state index contributed by atoms with van der Waals surface area (Å²) in [5.41, 5.74) is 6.61. The fourth-order valence-corrected chi connectivity index (χ4v) is 3.29. The Hall–Kier alpha value is -3.38. The molecule has 0 radical (unpaired) electrons. The average molecular weight is 452 g/mol. The zero-order valence-corrected chi connectivity index (χ0v) is 19.3. The number of benzene rings is 2. The highest BCUT2D eigenvalue weighted by atomic mass is 35.5. The van der Waals surface area contributed by atoms with E-state index in [-0.39, 0.29) is 11.8 Å². The van der Waals surface area contributed by atoms with E-state index in [2.05, 4.69) is 29.4 Å². The molecule has 1 amide bonds. The van der Waals surface area contributed by atoms with Gasteiger partial charge in [-0.2, -0.15) is 5.10 Å². The summed E-state index contributed by atoms with van der Waals surface area (Å²) < 4.78 is 11.6. The fourth-order valence-electron chi connectivity index (χ4n) is 3.12. The molecule has 1 heterocycles. The number of halogens is 1. The summed E-state index contributed by atoms with van der Waals surface area (Å²) in [5, 5.41) is 4.77. The topological polar surface area (TPSA) is 72.8 Å². The number of carbonyl (C=O) groups excluding carboxylic acids is 1. The quantitative estimate of drug-likeness (QED) is 0.361. The van der Waals surface area contributed by atoms with Gasteiger partial charge in [-0.25, -0.2) is 5.43 Å². The van der Waals surface area contributed by atoms with Gasteiger partial charge in [0.25, 0.3) is 5.91 Å². The number of nitrogens with one attached hydrogen (secondary N) is 1. The van der Waals surface area contributed by atoms with Crippen LogP contribution in [0, 0.1) is 6.92 Å². The summed E-state index contributed by atoms with van der Waals surface area (Å²) in [6.07, 6.45) is 4.66. The van der Waals surface area contributed by atoms with E-state index in [0.717, 1.165) is 33.0 Å². The van der Waals surface area contributed by atoms with Crippen LogP contribution in [0.5, 0.6) is 11.5 Å². The van der Waals surface area contributed by atoms with Crippen molar-refractivity contribution in [3.05, 3.63) is 87.7 Å². The van der Waals surface area contributed by atoms with E-state index in [1.165, 1.54) is 6.20 Å². The molecule has 0 bridgehead atoms. The number of ether oxygens (including phenoxy) is 2. The van der Waals surface area contributed by atoms with Gasteiger partial charge < -0.3 is 9.47 Å². The minimum atomic E-state index is -0.328. The first-order valence-electron chi connectivity index (χ1n) is 10.2. The van der Waals surface area contributed by atoms with Crippen LogP contribution < -0.4 is 14.9 Å². The zero-order valence-electron chi connectivity index (χ0n) is 18.6. The molecule has 1 N–H and O–H groups in total. The average Bonchev–Trinajstić information content (AvgIpc) is 2.80. The normalized spacial score (nSPS) is 11.1. The summed E-state index contributed by atoms with van der Waals surface area (Å²) in [6.45, 7) is 6.47. The SMILES string of the molecule is COc1ccc(/C=N\NC(=O)c2cccnc2)cc1COc1cc(C)c(Cl)cc1C(C)C. The smallest absolute Gasteiger partial charge is 0.272 e. The Morgan fingerprint density at radius 3 is 2.72 bits per heavy atom. The van der Waals surface area contributed by atoms with E-state index in [1.807, 2.05) is 37.3 Å². The third-order valence-electron chi connectivity index (χ3n) is 4.90. The van der Waals surface area contributed by atoms with Crippen molar-refractivity contribution >= 4 is 23.7 Å². The molecule has 2 aromatic carbocycles. The number of hydrazone groups is 1. The molecule has 7 heteroatoms. The number of methoxy groups -OCH3 is 1. The maximum Gasteiger partial charge on any atom is 0.272 e. The monoisotopic (exact) mass is 451 g/mol. The molecule has 0 aliphatic heterocycles. The van der Waals surface area contributed by atoms with Gasteiger partial charge in [0, 0.05) is 23.0 Å². The lowest BCUT2D eigenvalue weighted by Crippen LogP contribution is -2.17. The van der Waals surface area contributed by atoms with Gasteiger partial charge in [-0.05, 0) is 72.0 Å². The molecule has 0 saturated heterocycles. The minimum absolute atomic E-state index is 0.270. The number of nitrogens with zero attached hydrogens (tertiary/aromatic N) is 2. The Bertz CT molecular complexity index is 1110. The molecule has 0 saturated carbocycles. The second kappa shape index (κ2) is 10.8. The number of aromatic nitrogens is 1. The number of hydrogen-bond acceptors (Lipinski definition) is 5. The van der Waals surface area contributed by atoms with Crippen LogP contribution in [0.25, 0.3) is 0 Å². The van der Waals surface area contributed by atoms with Crippen molar-refractivity contribution in [2.24, 2.45) is 5.10 Å². The molecule has 0 atom stereocenters. The summed E-state index contributed by atoms with van der Waals surface area (Å²) in [6, 6.07) is 12.9. The number of hydrogen-bond donors (Lipinski definition) is 1. The van der Waals surface area contributed by atoms with E-state index in [9.17, 15) is 4.79 Å². The van der Waals surface area contributed by atoms with Crippen molar-refractivity contribution in [3.8, 4) is 11.5 Å². The standard InChI is InChI=1S/C25H26ClN3O3/c1-16(2)21-12-22(26)17(3)10-24(21)32-15-20-11-18(7-8-23(20)31-4)13-28-29-25(30)19-6-5-9-27-14-19/h5-14,16H,15H2,1-4H3,(H,29,30)/b28-13-. The first-order valence-corrected chi connectivity index (χ1v) is 10.6. The lowest BCUT2D eigenvalue weighted by atomic mass is 10.0. The largest absolute Gasteiger partial charge is 0.496 e. The van der Waals surface area contributed by atoms with Gasteiger partial charge in [-0.1, -0.05) is 25.4 Å². The van der Waals surface area contributed by atoms with E-state index in [4.69, 9.17) is 21.1 Å². The van der Waals surface area contributed by atoms with Crippen molar-refractivity contribution in [1.29, 1.82) is 0 Å². The molecular formula is C25H26ClN3O3. The zero-order chi connectivity index (χ0) is 23.1. The second-order valence-electron chi connectivity index (χ2n) is 7.59. The molecule has 0 fully saturated rings. The van der Waals surface area contributed by atoms with E-state index < -0.39 is 0 Å². The molecule has 0 aliphatic rings. The van der Waals surface area contributed by atoms with E-state index in [0.29, 0.717) is 17.9 Å². The number of carbonyl (C=O) groups is 1. The number of aryl methyl sites for hydroxylation is 1. The van der Waals surface area contributed by atoms with Gasteiger partial charge in [-0.15, -0.1) is 0 Å². The van der Waals surface area contributed by atoms with Gasteiger partial charge in [0.15, 0.2) is 0 Å². The van der Waals surface area contributed by atoms with Gasteiger partial charge in [0.05, 0.1) is 18.9 Å². The molecule has 166 valence electrons. The molecule has 1 aromatic heterocycles. The predicted molar refractivity (Wildman–Crippen MR) is 127 cm³/mol. The molecule has 0 spiro atoms. The molecule has 0 aliphatic carbocycles. The lowest BCUT2D eigenvalue weighted by Gasteiger charge is -2.17. The van der Waals surface area contributed by atoms with Gasteiger partial charge in [0.2, 0.25) is 0 Å². The summed E-state index contributed by atoms with van der Waals surface area (Å²) in [7, 11) is 1.62. The number of amides is 1. The van der Waals surface area contributed by atoms with E-state index >= 15 is 0 Å². The molecule has 6 nitrogen and oxygen atoms in total. The molecule has 3 aromatic rings. The first kappa shape index (κ1) is 23.3. The highest BCUT2D eigenvalue weighted by molar-refractivity contribution is 6.31. The van der Waals surface area contributed by atoms with E-state index in [1.54, 1.807) is 31.7 Å². The van der Waals surface area contributed by atoms with Crippen LogP contribution in [0.15, 0.2) is 60.0 Å². The minimum Gasteiger partial charge on any atom is -0.496 e. The van der Waals surface area contributed by atoms with Crippen molar-refractivity contribution in [1.82, 2.24) is 10.4 Å². The van der Waals surface area contributed by atoms with Crippen molar-refractivity contribution in [3.63, 3.8) is 0 Å². The van der Waals surface area contributed by atoms with Crippen LogP contribution >= 0.6 is 11.6 Å². The van der Waals surface area contributed by atoms with Crippen molar-refractivity contribution < 1.29 is 14.3 Å². The van der Waals surface area contributed by atoms with Crippen LogP contribution in [0.4, 0.5) is 0 Å². The maximum absolute atomic E-state index is 12.1. The Morgan fingerprint density at radius 2 is 2.03 bits per heavy atom. The van der Waals surface area contributed by atoms with Crippen LogP contribution in [-0.2, 0) is 6.61 Å². The molecular weight excluding hydrogens is 426 g/mol.